The van der Waals surface area contributed by atoms with Gasteiger partial charge in [-0.1, -0.05) is 88.4 Å². The average molecular weight is 383 g/mol. The van der Waals surface area contributed by atoms with Gasteiger partial charge in [0.05, 0.1) is 0 Å². The molecule has 0 N–H and O–H groups in total. The summed E-state index contributed by atoms with van der Waals surface area (Å²) in [4.78, 5) is 12.3. The predicted octanol–water partition coefficient (Wildman–Crippen LogP) is 7.03. The molecule has 0 saturated heterocycles. The summed E-state index contributed by atoms with van der Waals surface area (Å²) in [6.07, 6.45) is 1.86. The van der Waals surface area contributed by atoms with Gasteiger partial charge >= 0.3 is 0 Å². The summed E-state index contributed by atoms with van der Waals surface area (Å²) in [6.45, 7) is 17.5. The molecule has 0 heterocycles. The van der Waals surface area contributed by atoms with Gasteiger partial charge in [0.25, 0.3) is 0 Å². The van der Waals surface area contributed by atoms with Crippen LogP contribution in [0, 0.1) is 10.8 Å². The van der Waals surface area contributed by atoms with Gasteiger partial charge in [-0.15, -0.1) is 0 Å². The van der Waals surface area contributed by atoms with E-state index in [2.05, 4.69) is 116 Å². The summed E-state index contributed by atoms with van der Waals surface area (Å²) in [5.74, 6) is 0. The minimum absolute atomic E-state index is 0.0893. The fraction of sp³-hybridized carbons (Fsp3) is 0.538. The molecule has 2 aromatic carbocycles. The quantitative estimate of drug-likeness (QED) is 0.342. The van der Waals surface area contributed by atoms with E-state index < -0.39 is 11.2 Å². The Kier molecular flexibility index (Phi) is 6.78. The minimum Gasteiger partial charge on any atom is -0.230 e. The highest BCUT2D eigenvalue weighted by molar-refractivity contribution is 5.18. The number of hydrogen-bond donors (Lipinski definition) is 0. The first kappa shape index (κ1) is 22.6. The lowest BCUT2D eigenvalue weighted by molar-refractivity contribution is -0.432. The molecule has 2 rings (SSSR count). The Bertz CT molecular complexity index is 662. The van der Waals surface area contributed by atoms with E-state index in [1.54, 1.807) is 0 Å². The van der Waals surface area contributed by atoms with Gasteiger partial charge in [0, 0.05) is 10.8 Å². The Morgan fingerprint density at radius 1 is 0.500 bits per heavy atom. The first-order valence-corrected chi connectivity index (χ1v) is 10.3. The molecule has 0 unspecified atom stereocenters. The normalized spacial score (nSPS) is 13.6. The van der Waals surface area contributed by atoms with E-state index in [-0.39, 0.29) is 10.8 Å². The molecule has 0 radical (unpaired) electrons. The van der Waals surface area contributed by atoms with Crippen molar-refractivity contribution in [3.63, 3.8) is 0 Å². The van der Waals surface area contributed by atoms with Crippen molar-refractivity contribution in [1.82, 2.24) is 0 Å². The third-order valence-electron chi connectivity index (χ3n) is 6.70. The first-order valence-electron chi connectivity index (χ1n) is 10.3. The molecule has 2 nitrogen and oxygen atoms in total. The van der Waals surface area contributed by atoms with Gasteiger partial charge in [0.1, 0.15) is 11.2 Å². The van der Waals surface area contributed by atoms with E-state index in [0.717, 1.165) is 12.8 Å². The standard InChI is InChI=1S/C26H38O2/c1-23(2,19-21-15-11-9-12-16-21)25(5,6)27-28-26(7,8)24(3,4)20-22-17-13-10-14-18-22/h9-18H,19-20H2,1-8H3. The summed E-state index contributed by atoms with van der Waals surface area (Å²) in [5, 5.41) is 0. The Morgan fingerprint density at radius 3 is 1.07 bits per heavy atom. The van der Waals surface area contributed by atoms with Crippen LogP contribution in [0.15, 0.2) is 60.7 Å². The fourth-order valence-corrected chi connectivity index (χ4v) is 3.07. The van der Waals surface area contributed by atoms with Crippen LogP contribution in [0.3, 0.4) is 0 Å². The van der Waals surface area contributed by atoms with E-state index >= 15 is 0 Å². The summed E-state index contributed by atoms with van der Waals surface area (Å²) in [7, 11) is 0. The number of hydrogen-bond acceptors (Lipinski definition) is 2. The van der Waals surface area contributed by atoms with E-state index in [1.165, 1.54) is 11.1 Å². The maximum atomic E-state index is 6.16. The van der Waals surface area contributed by atoms with E-state index in [1.807, 2.05) is 0 Å². The van der Waals surface area contributed by atoms with Gasteiger partial charge in [-0.05, 0) is 51.7 Å². The lowest BCUT2D eigenvalue weighted by atomic mass is 9.72. The molecule has 2 aromatic rings. The first-order chi connectivity index (χ1) is 12.9. The largest absolute Gasteiger partial charge is 0.230 e. The van der Waals surface area contributed by atoms with Crippen molar-refractivity contribution >= 4 is 0 Å². The Hall–Kier alpha value is -1.64. The second kappa shape index (κ2) is 8.39. The molecular weight excluding hydrogens is 344 g/mol. The SMILES string of the molecule is CC(C)(Cc1ccccc1)C(C)(C)OOC(C)(C)C(C)(C)Cc1ccccc1. The van der Waals surface area contributed by atoms with E-state index in [0.29, 0.717) is 0 Å². The fourth-order valence-electron chi connectivity index (χ4n) is 3.07. The second-order valence-corrected chi connectivity index (χ2v) is 10.3. The van der Waals surface area contributed by atoms with Crippen LogP contribution in [0.25, 0.3) is 0 Å². The second-order valence-electron chi connectivity index (χ2n) is 10.3. The van der Waals surface area contributed by atoms with Gasteiger partial charge in [0.15, 0.2) is 0 Å². The molecule has 0 bridgehead atoms. The molecule has 0 amide bonds. The highest BCUT2D eigenvalue weighted by Gasteiger charge is 2.44. The maximum Gasteiger partial charge on any atom is 0.103 e. The average Bonchev–Trinajstić information content (AvgIpc) is 2.61. The molecule has 0 fully saturated rings. The molecule has 0 spiro atoms. The van der Waals surface area contributed by atoms with Gasteiger partial charge in [0.2, 0.25) is 0 Å². The zero-order valence-corrected chi connectivity index (χ0v) is 19.0. The molecule has 2 heteroatoms. The summed E-state index contributed by atoms with van der Waals surface area (Å²) in [5.41, 5.74) is 1.56. The molecule has 0 atom stereocenters. The van der Waals surface area contributed by atoms with Crippen LogP contribution in [0.1, 0.15) is 66.5 Å². The number of benzene rings is 2. The molecule has 28 heavy (non-hydrogen) atoms. The van der Waals surface area contributed by atoms with Gasteiger partial charge in [-0.25, -0.2) is 9.78 Å². The van der Waals surface area contributed by atoms with E-state index in [9.17, 15) is 0 Å². The zero-order chi connectivity index (χ0) is 21.1. The third kappa shape index (κ3) is 5.46. The third-order valence-corrected chi connectivity index (χ3v) is 6.70. The zero-order valence-electron chi connectivity index (χ0n) is 19.0. The van der Waals surface area contributed by atoms with Crippen LogP contribution >= 0.6 is 0 Å². The molecule has 0 aliphatic heterocycles. The molecule has 0 aromatic heterocycles. The predicted molar refractivity (Wildman–Crippen MR) is 118 cm³/mol. The topological polar surface area (TPSA) is 18.5 Å². The summed E-state index contributed by atoms with van der Waals surface area (Å²) < 4.78 is 0. The maximum absolute atomic E-state index is 6.16. The molecule has 0 saturated carbocycles. The molecular formula is C26H38O2. The van der Waals surface area contributed by atoms with Crippen molar-refractivity contribution in [3.05, 3.63) is 71.8 Å². The van der Waals surface area contributed by atoms with Crippen molar-refractivity contribution in [1.29, 1.82) is 0 Å². The van der Waals surface area contributed by atoms with Crippen molar-refractivity contribution in [2.24, 2.45) is 10.8 Å². The van der Waals surface area contributed by atoms with Crippen LogP contribution in [-0.4, -0.2) is 11.2 Å². The molecule has 0 aliphatic rings. The lowest BCUT2D eigenvalue weighted by Gasteiger charge is -2.45. The van der Waals surface area contributed by atoms with Crippen molar-refractivity contribution in [2.75, 3.05) is 0 Å². The molecule has 154 valence electrons. The van der Waals surface area contributed by atoms with Crippen molar-refractivity contribution in [2.45, 2.75) is 79.4 Å². The Balaban J connectivity index is 2.06. The van der Waals surface area contributed by atoms with Gasteiger partial charge in [-0.2, -0.15) is 0 Å². The van der Waals surface area contributed by atoms with Gasteiger partial charge < -0.3 is 0 Å². The number of rotatable bonds is 9. The lowest BCUT2D eigenvalue weighted by Crippen LogP contribution is -2.49. The highest BCUT2D eigenvalue weighted by Crippen LogP contribution is 2.42. The van der Waals surface area contributed by atoms with Crippen molar-refractivity contribution in [3.8, 4) is 0 Å². The minimum atomic E-state index is -0.442. The summed E-state index contributed by atoms with van der Waals surface area (Å²) in [6, 6.07) is 21.2. The van der Waals surface area contributed by atoms with Crippen molar-refractivity contribution < 1.29 is 9.78 Å². The highest BCUT2D eigenvalue weighted by atomic mass is 17.2. The van der Waals surface area contributed by atoms with Crippen LogP contribution in [-0.2, 0) is 22.6 Å². The van der Waals surface area contributed by atoms with Crippen LogP contribution in [0.4, 0.5) is 0 Å². The van der Waals surface area contributed by atoms with Crippen LogP contribution in [0.5, 0.6) is 0 Å². The van der Waals surface area contributed by atoms with Crippen LogP contribution in [0.2, 0.25) is 0 Å². The van der Waals surface area contributed by atoms with Crippen LogP contribution < -0.4 is 0 Å². The van der Waals surface area contributed by atoms with Gasteiger partial charge in [-0.3, -0.25) is 0 Å². The Labute approximate surface area is 172 Å². The van der Waals surface area contributed by atoms with E-state index in [4.69, 9.17) is 9.78 Å². The Morgan fingerprint density at radius 2 is 0.786 bits per heavy atom. The molecule has 0 aliphatic carbocycles. The smallest absolute Gasteiger partial charge is 0.103 e. The monoisotopic (exact) mass is 382 g/mol. The summed E-state index contributed by atoms with van der Waals surface area (Å²) >= 11 is 0.